The molecule has 4 rings (SSSR count). The summed E-state index contributed by atoms with van der Waals surface area (Å²) in [6.45, 7) is 2.38. The summed E-state index contributed by atoms with van der Waals surface area (Å²) in [5, 5.41) is 12.4. The van der Waals surface area contributed by atoms with Crippen LogP contribution in [-0.2, 0) is 12.1 Å². The van der Waals surface area contributed by atoms with Gasteiger partial charge < -0.3 is 0 Å². The molecule has 0 fully saturated rings. The van der Waals surface area contributed by atoms with E-state index in [1.807, 2.05) is 25.1 Å². The van der Waals surface area contributed by atoms with Gasteiger partial charge in [0.25, 0.3) is 0 Å². The topological polar surface area (TPSA) is 37.8 Å². The third kappa shape index (κ3) is 3.84. The molecule has 1 heterocycles. The number of nitrogens with zero attached hydrogens (tertiary/aromatic N) is 2. The summed E-state index contributed by atoms with van der Waals surface area (Å²) in [6.07, 6.45) is 0. The van der Waals surface area contributed by atoms with Gasteiger partial charge >= 0.3 is 0 Å². The summed E-state index contributed by atoms with van der Waals surface area (Å²) < 4.78 is 0. The lowest BCUT2D eigenvalue weighted by molar-refractivity contribution is 0.469. The minimum atomic E-state index is -0.588. The number of nitrogens with one attached hydrogen (secondary N) is 1. The Kier molecular flexibility index (Phi) is 6.14. The second kappa shape index (κ2) is 8.97. The standard InChI is InChI=1S/C25H21Cl2N3/c1-18-22(24(27)30-29-23(18)26)17-28-25(19-11-5-2-6-12-19,20-13-7-3-8-14-20)21-15-9-4-10-16-21/h2-16,28H,17H2,1H3. The molecule has 4 aromatic rings. The molecule has 3 aromatic carbocycles. The number of benzene rings is 3. The Morgan fingerprint density at radius 3 is 1.50 bits per heavy atom. The van der Waals surface area contributed by atoms with Gasteiger partial charge in [0.15, 0.2) is 10.3 Å². The minimum absolute atomic E-state index is 0.354. The van der Waals surface area contributed by atoms with Gasteiger partial charge in [0.1, 0.15) is 0 Å². The first-order valence-corrected chi connectivity index (χ1v) is 10.5. The zero-order chi connectivity index (χ0) is 21.0. The number of rotatable bonds is 6. The van der Waals surface area contributed by atoms with Crippen molar-refractivity contribution in [2.75, 3.05) is 0 Å². The highest BCUT2D eigenvalue weighted by atomic mass is 35.5. The summed E-state index contributed by atoms with van der Waals surface area (Å²) in [5.74, 6) is 0. The van der Waals surface area contributed by atoms with Crippen molar-refractivity contribution >= 4 is 23.2 Å². The van der Waals surface area contributed by atoms with E-state index in [1.54, 1.807) is 0 Å². The molecule has 0 spiro atoms. The van der Waals surface area contributed by atoms with Gasteiger partial charge in [-0.3, -0.25) is 5.32 Å². The zero-order valence-corrected chi connectivity index (χ0v) is 18.0. The first-order chi connectivity index (χ1) is 14.6. The predicted octanol–water partition coefficient (Wildman–Crippen LogP) is 6.17. The molecule has 3 nitrogen and oxygen atoms in total. The minimum Gasteiger partial charge on any atom is -0.296 e. The smallest absolute Gasteiger partial charge is 0.156 e. The normalized spacial score (nSPS) is 11.4. The first-order valence-electron chi connectivity index (χ1n) is 9.71. The van der Waals surface area contributed by atoms with Crippen molar-refractivity contribution in [3.8, 4) is 0 Å². The van der Waals surface area contributed by atoms with Crippen LogP contribution in [0.5, 0.6) is 0 Å². The molecule has 0 saturated heterocycles. The fourth-order valence-corrected chi connectivity index (χ4v) is 4.20. The highest BCUT2D eigenvalue weighted by Crippen LogP contribution is 2.37. The zero-order valence-electron chi connectivity index (χ0n) is 16.5. The second-order valence-corrected chi connectivity index (χ2v) is 7.80. The lowest BCUT2D eigenvalue weighted by Crippen LogP contribution is -2.44. The molecule has 5 heteroatoms. The van der Waals surface area contributed by atoms with Crippen LogP contribution in [0.2, 0.25) is 10.3 Å². The van der Waals surface area contributed by atoms with Gasteiger partial charge in [-0.2, -0.15) is 0 Å². The van der Waals surface area contributed by atoms with Crippen LogP contribution in [0.4, 0.5) is 0 Å². The van der Waals surface area contributed by atoms with Crippen LogP contribution >= 0.6 is 23.2 Å². The Morgan fingerprint density at radius 1 is 0.667 bits per heavy atom. The van der Waals surface area contributed by atoms with Crippen molar-refractivity contribution in [2.24, 2.45) is 0 Å². The van der Waals surface area contributed by atoms with Gasteiger partial charge in [-0.1, -0.05) is 114 Å². The van der Waals surface area contributed by atoms with Crippen LogP contribution in [0.3, 0.4) is 0 Å². The molecule has 0 amide bonds. The van der Waals surface area contributed by atoms with Crippen LogP contribution in [-0.4, -0.2) is 10.2 Å². The molecular formula is C25H21Cl2N3. The van der Waals surface area contributed by atoms with E-state index in [-0.39, 0.29) is 0 Å². The molecule has 0 aliphatic heterocycles. The number of hydrogen-bond acceptors (Lipinski definition) is 3. The number of hydrogen-bond donors (Lipinski definition) is 1. The average molecular weight is 434 g/mol. The quantitative estimate of drug-likeness (QED) is 0.369. The van der Waals surface area contributed by atoms with E-state index >= 15 is 0 Å². The monoisotopic (exact) mass is 433 g/mol. The van der Waals surface area contributed by atoms with E-state index in [0.717, 1.165) is 27.8 Å². The molecule has 0 radical (unpaired) electrons. The Hall–Kier alpha value is -2.72. The summed E-state index contributed by atoms with van der Waals surface area (Å²) >= 11 is 12.6. The van der Waals surface area contributed by atoms with Gasteiger partial charge in [-0.05, 0) is 29.2 Å². The fourth-order valence-electron chi connectivity index (χ4n) is 3.80. The Labute approximate surface area is 186 Å². The maximum Gasteiger partial charge on any atom is 0.156 e. The molecule has 1 aromatic heterocycles. The molecule has 0 saturated carbocycles. The summed E-state index contributed by atoms with van der Waals surface area (Å²) in [7, 11) is 0. The highest BCUT2D eigenvalue weighted by molar-refractivity contribution is 6.32. The second-order valence-electron chi connectivity index (χ2n) is 7.09. The van der Waals surface area contributed by atoms with Gasteiger partial charge in [0.05, 0.1) is 5.54 Å². The van der Waals surface area contributed by atoms with E-state index in [2.05, 4.69) is 88.3 Å². The molecule has 0 atom stereocenters. The van der Waals surface area contributed by atoms with Crippen LogP contribution < -0.4 is 5.32 Å². The molecule has 0 unspecified atom stereocenters. The largest absolute Gasteiger partial charge is 0.296 e. The Morgan fingerprint density at radius 2 is 1.07 bits per heavy atom. The molecule has 30 heavy (non-hydrogen) atoms. The van der Waals surface area contributed by atoms with E-state index in [9.17, 15) is 0 Å². The summed E-state index contributed by atoms with van der Waals surface area (Å²) in [4.78, 5) is 0. The van der Waals surface area contributed by atoms with Crippen LogP contribution in [0, 0.1) is 6.92 Å². The van der Waals surface area contributed by atoms with E-state index in [4.69, 9.17) is 23.2 Å². The Balaban J connectivity index is 1.91. The van der Waals surface area contributed by atoms with Crippen molar-refractivity contribution in [1.29, 1.82) is 0 Å². The van der Waals surface area contributed by atoms with E-state index < -0.39 is 5.54 Å². The van der Waals surface area contributed by atoms with Crippen LogP contribution in [0.15, 0.2) is 91.0 Å². The molecule has 0 aliphatic rings. The predicted molar refractivity (Wildman–Crippen MR) is 123 cm³/mol. The van der Waals surface area contributed by atoms with Gasteiger partial charge in [-0.25, -0.2) is 0 Å². The molecule has 150 valence electrons. The van der Waals surface area contributed by atoms with Gasteiger partial charge in [-0.15, -0.1) is 10.2 Å². The average Bonchev–Trinajstić information content (AvgIpc) is 2.81. The number of aromatic nitrogens is 2. The third-order valence-corrected chi connectivity index (χ3v) is 6.05. The molecule has 0 aliphatic carbocycles. The lowest BCUT2D eigenvalue weighted by Gasteiger charge is -2.37. The van der Waals surface area contributed by atoms with Crippen LogP contribution in [0.1, 0.15) is 27.8 Å². The van der Waals surface area contributed by atoms with Crippen molar-refractivity contribution in [3.05, 3.63) is 129 Å². The summed E-state index contributed by atoms with van der Waals surface area (Å²) in [6, 6.07) is 31.2. The molecule has 1 N–H and O–H groups in total. The lowest BCUT2D eigenvalue weighted by atomic mass is 9.77. The molecular weight excluding hydrogens is 413 g/mol. The van der Waals surface area contributed by atoms with Crippen molar-refractivity contribution in [2.45, 2.75) is 19.0 Å². The van der Waals surface area contributed by atoms with Gasteiger partial charge in [0.2, 0.25) is 0 Å². The van der Waals surface area contributed by atoms with Crippen LogP contribution in [0.25, 0.3) is 0 Å². The highest BCUT2D eigenvalue weighted by Gasteiger charge is 2.36. The van der Waals surface area contributed by atoms with Crippen molar-refractivity contribution < 1.29 is 0 Å². The maximum absolute atomic E-state index is 6.40. The van der Waals surface area contributed by atoms with Crippen molar-refractivity contribution in [1.82, 2.24) is 15.5 Å². The number of halogens is 2. The Bertz CT molecular complexity index is 1020. The third-order valence-electron chi connectivity index (χ3n) is 5.39. The van der Waals surface area contributed by atoms with Crippen molar-refractivity contribution in [3.63, 3.8) is 0 Å². The SMILES string of the molecule is Cc1c(Cl)nnc(Cl)c1CNC(c1ccccc1)(c1ccccc1)c1ccccc1. The first kappa shape index (κ1) is 20.5. The fraction of sp³-hybridized carbons (Fsp3) is 0.120. The van der Waals surface area contributed by atoms with E-state index in [0.29, 0.717) is 16.9 Å². The maximum atomic E-state index is 6.40. The summed E-state index contributed by atoms with van der Waals surface area (Å²) in [5.41, 5.74) is 4.46. The molecule has 0 bridgehead atoms. The van der Waals surface area contributed by atoms with Gasteiger partial charge in [0, 0.05) is 12.1 Å². The van der Waals surface area contributed by atoms with E-state index in [1.165, 1.54) is 0 Å².